The molecule has 132 valence electrons. The lowest BCUT2D eigenvalue weighted by molar-refractivity contribution is -0.145. The van der Waals surface area contributed by atoms with Crippen molar-refractivity contribution in [2.75, 3.05) is 11.9 Å². The van der Waals surface area contributed by atoms with E-state index < -0.39 is 11.4 Å². The highest BCUT2D eigenvalue weighted by atomic mass is 16.5. The Bertz CT molecular complexity index is 580. The Morgan fingerprint density at radius 3 is 2.54 bits per heavy atom. The molecule has 0 radical (unpaired) electrons. The molecule has 2 N–H and O–H groups in total. The fourth-order valence-electron chi connectivity index (χ4n) is 3.58. The van der Waals surface area contributed by atoms with Crippen LogP contribution in [0.3, 0.4) is 0 Å². The number of anilines is 1. The number of para-hydroxylation sites is 2. The van der Waals surface area contributed by atoms with Crippen LogP contribution >= 0.6 is 0 Å². The molecule has 0 aromatic heterocycles. The van der Waals surface area contributed by atoms with Gasteiger partial charge in [0.1, 0.15) is 5.75 Å². The first-order chi connectivity index (χ1) is 11.5. The Kier molecular flexibility index (Phi) is 6.23. The topological polar surface area (TPSA) is 75.6 Å². The molecule has 1 aromatic carbocycles. The number of benzene rings is 1. The van der Waals surface area contributed by atoms with Gasteiger partial charge in [-0.25, -0.2) is 0 Å². The number of aliphatic carboxylic acids is 1. The van der Waals surface area contributed by atoms with E-state index in [1.165, 1.54) is 0 Å². The van der Waals surface area contributed by atoms with E-state index in [0.717, 1.165) is 32.1 Å². The number of hydrogen-bond acceptors (Lipinski definition) is 3. The van der Waals surface area contributed by atoms with Gasteiger partial charge in [-0.2, -0.15) is 0 Å². The summed E-state index contributed by atoms with van der Waals surface area (Å²) in [6.45, 7) is 4.17. The first-order valence-corrected chi connectivity index (χ1v) is 8.72. The van der Waals surface area contributed by atoms with Gasteiger partial charge >= 0.3 is 5.97 Å². The fourth-order valence-corrected chi connectivity index (χ4v) is 3.58. The molecule has 0 heterocycles. The van der Waals surface area contributed by atoms with Gasteiger partial charge in [-0.1, -0.05) is 31.4 Å². The molecule has 1 aromatic rings. The minimum Gasteiger partial charge on any atom is -0.492 e. The maximum atomic E-state index is 13.0. The van der Waals surface area contributed by atoms with E-state index >= 15 is 0 Å². The smallest absolute Gasteiger partial charge is 0.304 e. The standard InChI is InChI=1S/C19H27NO4/c1-3-24-16-12-8-7-11-15(16)20-18(23)19(2,13-17(21)22)14-9-5-4-6-10-14/h7-8,11-12,14H,3-6,9-10,13H2,1-2H3,(H,20,23)(H,21,22). The number of carboxylic acid groups (broad SMARTS) is 1. The van der Waals surface area contributed by atoms with Gasteiger partial charge < -0.3 is 15.2 Å². The molecular formula is C19H27NO4. The first-order valence-electron chi connectivity index (χ1n) is 8.72. The number of carboxylic acids is 1. The maximum absolute atomic E-state index is 13.0. The van der Waals surface area contributed by atoms with Crippen LogP contribution in [0.15, 0.2) is 24.3 Å². The summed E-state index contributed by atoms with van der Waals surface area (Å²) in [6, 6.07) is 7.25. The molecule has 1 amide bonds. The third-order valence-electron chi connectivity index (χ3n) is 4.98. The normalized spacial score (nSPS) is 17.8. The Balaban J connectivity index is 2.23. The summed E-state index contributed by atoms with van der Waals surface area (Å²) in [6.07, 6.45) is 4.94. The van der Waals surface area contributed by atoms with Crippen molar-refractivity contribution >= 4 is 17.6 Å². The Labute approximate surface area is 143 Å². The lowest BCUT2D eigenvalue weighted by atomic mass is 9.67. The zero-order valence-corrected chi connectivity index (χ0v) is 14.5. The number of ether oxygens (including phenoxy) is 1. The molecule has 0 aliphatic heterocycles. The van der Waals surface area contributed by atoms with Gasteiger partial charge in [-0.05, 0) is 44.7 Å². The number of carbonyl (C=O) groups is 2. The second kappa shape index (κ2) is 8.18. The average molecular weight is 333 g/mol. The molecule has 1 aliphatic rings. The molecule has 1 fully saturated rings. The molecule has 1 unspecified atom stereocenters. The highest BCUT2D eigenvalue weighted by Gasteiger charge is 2.43. The van der Waals surface area contributed by atoms with E-state index in [1.807, 2.05) is 19.1 Å². The maximum Gasteiger partial charge on any atom is 0.304 e. The predicted octanol–water partition coefficient (Wildman–Crippen LogP) is 4.09. The van der Waals surface area contributed by atoms with Crippen LogP contribution in [0, 0.1) is 11.3 Å². The van der Waals surface area contributed by atoms with Gasteiger partial charge in [0.25, 0.3) is 0 Å². The SMILES string of the molecule is CCOc1ccccc1NC(=O)C(C)(CC(=O)O)C1CCCCC1. The quantitative estimate of drug-likeness (QED) is 0.788. The van der Waals surface area contributed by atoms with Crippen molar-refractivity contribution in [1.29, 1.82) is 0 Å². The number of rotatable bonds is 7. The van der Waals surface area contributed by atoms with Crippen LogP contribution in [-0.4, -0.2) is 23.6 Å². The highest BCUT2D eigenvalue weighted by molar-refractivity contribution is 5.98. The van der Waals surface area contributed by atoms with Crippen LogP contribution in [0.1, 0.15) is 52.4 Å². The van der Waals surface area contributed by atoms with Crippen molar-refractivity contribution in [2.24, 2.45) is 11.3 Å². The van der Waals surface area contributed by atoms with Gasteiger partial charge in [-0.3, -0.25) is 9.59 Å². The van der Waals surface area contributed by atoms with Gasteiger partial charge in [0.2, 0.25) is 5.91 Å². The molecular weight excluding hydrogens is 306 g/mol. The van der Waals surface area contributed by atoms with Crippen LogP contribution in [0.2, 0.25) is 0 Å². The van der Waals surface area contributed by atoms with Crippen molar-refractivity contribution < 1.29 is 19.4 Å². The average Bonchev–Trinajstić information content (AvgIpc) is 2.57. The van der Waals surface area contributed by atoms with Crippen LogP contribution in [0.4, 0.5) is 5.69 Å². The Hall–Kier alpha value is -2.04. The monoisotopic (exact) mass is 333 g/mol. The minimum absolute atomic E-state index is 0.0987. The molecule has 1 aliphatic carbocycles. The third kappa shape index (κ3) is 4.28. The largest absolute Gasteiger partial charge is 0.492 e. The van der Waals surface area contributed by atoms with E-state index in [1.54, 1.807) is 19.1 Å². The Morgan fingerprint density at radius 1 is 1.25 bits per heavy atom. The van der Waals surface area contributed by atoms with Crippen LogP contribution in [0.5, 0.6) is 5.75 Å². The summed E-state index contributed by atoms with van der Waals surface area (Å²) in [7, 11) is 0. The molecule has 0 bridgehead atoms. The van der Waals surface area contributed by atoms with Crippen molar-refractivity contribution in [2.45, 2.75) is 52.4 Å². The second-order valence-corrected chi connectivity index (χ2v) is 6.71. The Morgan fingerprint density at radius 2 is 1.92 bits per heavy atom. The van der Waals surface area contributed by atoms with Gasteiger partial charge in [-0.15, -0.1) is 0 Å². The fraction of sp³-hybridized carbons (Fsp3) is 0.579. The van der Waals surface area contributed by atoms with E-state index in [9.17, 15) is 14.7 Å². The zero-order chi connectivity index (χ0) is 17.6. The van der Waals surface area contributed by atoms with Crippen molar-refractivity contribution in [3.8, 4) is 5.75 Å². The molecule has 1 atom stereocenters. The van der Waals surface area contributed by atoms with Crippen LogP contribution < -0.4 is 10.1 Å². The highest BCUT2D eigenvalue weighted by Crippen LogP contribution is 2.42. The summed E-state index contributed by atoms with van der Waals surface area (Å²) in [5, 5.41) is 12.2. The summed E-state index contributed by atoms with van der Waals surface area (Å²) in [5.41, 5.74) is -0.317. The molecule has 5 nitrogen and oxygen atoms in total. The van der Waals surface area contributed by atoms with Crippen molar-refractivity contribution in [3.63, 3.8) is 0 Å². The van der Waals surface area contributed by atoms with Crippen molar-refractivity contribution in [3.05, 3.63) is 24.3 Å². The van der Waals surface area contributed by atoms with Gasteiger partial charge in [0.05, 0.1) is 24.1 Å². The third-order valence-corrected chi connectivity index (χ3v) is 4.98. The van der Waals surface area contributed by atoms with Gasteiger partial charge in [0.15, 0.2) is 0 Å². The minimum atomic E-state index is -0.934. The molecule has 1 saturated carbocycles. The molecule has 0 spiro atoms. The van der Waals surface area contributed by atoms with Crippen LogP contribution in [-0.2, 0) is 9.59 Å². The zero-order valence-electron chi connectivity index (χ0n) is 14.5. The summed E-state index contributed by atoms with van der Waals surface area (Å²) >= 11 is 0. The molecule has 2 rings (SSSR count). The number of amides is 1. The molecule has 0 saturated heterocycles. The van der Waals surface area contributed by atoms with Gasteiger partial charge in [0, 0.05) is 0 Å². The first kappa shape index (κ1) is 18.3. The second-order valence-electron chi connectivity index (χ2n) is 6.71. The lowest BCUT2D eigenvalue weighted by Crippen LogP contribution is -2.42. The van der Waals surface area contributed by atoms with E-state index in [2.05, 4.69) is 5.32 Å². The number of hydrogen-bond donors (Lipinski definition) is 2. The van der Waals surface area contributed by atoms with Crippen molar-refractivity contribution in [1.82, 2.24) is 0 Å². The number of nitrogens with one attached hydrogen (secondary N) is 1. The lowest BCUT2D eigenvalue weighted by Gasteiger charge is -2.37. The number of carbonyl (C=O) groups excluding carboxylic acids is 1. The van der Waals surface area contributed by atoms with E-state index in [0.29, 0.717) is 18.0 Å². The molecule has 24 heavy (non-hydrogen) atoms. The summed E-state index contributed by atoms with van der Waals surface area (Å²) < 4.78 is 5.55. The van der Waals surface area contributed by atoms with E-state index in [-0.39, 0.29) is 18.2 Å². The van der Waals surface area contributed by atoms with Crippen LogP contribution in [0.25, 0.3) is 0 Å². The molecule has 5 heteroatoms. The summed E-state index contributed by atoms with van der Waals surface area (Å²) in [5.74, 6) is -0.462. The van der Waals surface area contributed by atoms with E-state index in [4.69, 9.17) is 4.74 Å². The summed E-state index contributed by atoms with van der Waals surface area (Å²) in [4.78, 5) is 24.4. The predicted molar refractivity (Wildman–Crippen MR) is 93.2 cm³/mol.